The van der Waals surface area contributed by atoms with E-state index in [1.165, 1.54) is 7.11 Å². The Hall–Kier alpha value is -0.970. The van der Waals surface area contributed by atoms with Crippen molar-refractivity contribution in [3.8, 4) is 5.75 Å². The van der Waals surface area contributed by atoms with Gasteiger partial charge in [0, 0.05) is 5.02 Å². The Kier molecular flexibility index (Phi) is 5.55. The van der Waals surface area contributed by atoms with Crippen LogP contribution in [0.15, 0.2) is 12.1 Å². The number of halogens is 2. The first-order valence-electron chi connectivity index (χ1n) is 4.96. The average molecular weight is 278 g/mol. The van der Waals surface area contributed by atoms with Gasteiger partial charge in [0.05, 0.1) is 12.1 Å². The van der Waals surface area contributed by atoms with Crippen LogP contribution in [0.25, 0.3) is 0 Å². The fourth-order valence-electron chi connectivity index (χ4n) is 1.31. The van der Waals surface area contributed by atoms with E-state index in [1.54, 1.807) is 12.1 Å². The molecule has 0 spiro atoms. The van der Waals surface area contributed by atoms with Gasteiger partial charge in [-0.1, -0.05) is 23.2 Å². The number of methoxy groups -OCH3 is 1. The minimum atomic E-state index is -0.477. The zero-order chi connectivity index (χ0) is 12.8. The second-order valence-corrected chi connectivity index (χ2v) is 4.12. The highest BCUT2D eigenvalue weighted by Gasteiger charge is 2.12. The molecule has 2 N–H and O–H groups in total. The van der Waals surface area contributed by atoms with Crippen molar-refractivity contribution in [2.75, 3.05) is 20.3 Å². The molecule has 0 radical (unpaired) electrons. The summed E-state index contributed by atoms with van der Waals surface area (Å²) in [5.41, 5.74) is 6.25. The number of ether oxygens (including phenoxy) is 2. The van der Waals surface area contributed by atoms with Gasteiger partial charge in [-0.15, -0.1) is 0 Å². The predicted octanol–water partition coefficient (Wildman–Crippen LogP) is 2.05. The number of rotatable bonds is 5. The van der Waals surface area contributed by atoms with E-state index in [4.69, 9.17) is 33.7 Å². The normalized spacial score (nSPS) is 10.1. The summed E-state index contributed by atoms with van der Waals surface area (Å²) in [6.45, 7) is 0.237. The van der Waals surface area contributed by atoms with Gasteiger partial charge in [0.2, 0.25) is 0 Å². The zero-order valence-electron chi connectivity index (χ0n) is 9.33. The Labute approximate surface area is 110 Å². The third-order valence-electron chi connectivity index (χ3n) is 2.06. The van der Waals surface area contributed by atoms with E-state index >= 15 is 0 Å². The first-order chi connectivity index (χ1) is 8.08. The van der Waals surface area contributed by atoms with Gasteiger partial charge in [0.25, 0.3) is 0 Å². The van der Waals surface area contributed by atoms with E-state index in [2.05, 4.69) is 4.74 Å². The fraction of sp³-hybridized carbons (Fsp3) is 0.364. The molecule has 1 aromatic rings. The highest BCUT2D eigenvalue weighted by atomic mass is 35.5. The molecule has 4 nitrogen and oxygen atoms in total. The molecule has 0 bridgehead atoms. The van der Waals surface area contributed by atoms with E-state index in [-0.39, 0.29) is 6.61 Å². The lowest BCUT2D eigenvalue weighted by molar-refractivity contribution is -0.142. The highest BCUT2D eigenvalue weighted by molar-refractivity contribution is 6.35. The van der Waals surface area contributed by atoms with Gasteiger partial charge in [-0.25, -0.2) is 4.79 Å². The second kappa shape index (κ2) is 6.69. The maximum absolute atomic E-state index is 11.0. The number of esters is 1. The summed E-state index contributed by atoms with van der Waals surface area (Å²) >= 11 is 11.9. The van der Waals surface area contributed by atoms with Crippen molar-refractivity contribution in [1.29, 1.82) is 0 Å². The topological polar surface area (TPSA) is 61.5 Å². The smallest absolute Gasteiger partial charge is 0.343 e. The molecule has 0 aliphatic heterocycles. The Bertz CT molecular complexity index is 410. The van der Waals surface area contributed by atoms with Gasteiger partial charge in [0.15, 0.2) is 6.61 Å². The summed E-state index contributed by atoms with van der Waals surface area (Å²) in [7, 11) is 1.29. The third kappa shape index (κ3) is 4.07. The zero-order valence-corrected chi connectivity index (χ0v) is 10.8. The molecule has 0 heterocycles. The van der Waals surface area contributed by atoms with E-state index in [1.807, 2.05) is 0 Å². The number of carbonyl (C=O) groups is 1. The molecule has 0 aliphatic carbocycles. The average Bonchev–Trinajstić information content (AvgIpc) is 2.27. The number of hydrogen-bond donors (Lipinski definition) is 1. The molecule has 1 aromatic carbocycles. The molecule has 1 rings (SSSR count). The van der Waals surface area contributed by atoms with Crippen LogP contribution in [-0.2, 0) is 16.0 Å². The highest BCUT2D eigenvalue weighted by Crippen LogP contribution is 2.32. The Balaban J connectivity index is 2.91. The van der Waals surface area contributed by atoms with Crippen molar-refractivity contribution in [3.63, 3.8) is 0 Å². The van der Waals surface area contributed by atoms with Crippen LogP contribution in [0.5, 0.6) is 5.75 Å². The van der Waals surface area contributed by atoms with Crippen molar-refractivity contribution in [3.05, 3.63) is 27.7 Å². The molecule has 17 heavy (non-hydrogen) atoms. The van der Waals surface area contributed by atoms with Crippen LogP contribution >= 0.6 is 23.2 Å². The van der Waals surface area contributed by atoms with Crippen molar-refractivity contribution < 1.29 is 14.3 Å². The van der Waals surface area contributed by atoms with Crippen LogP contribution in [0.1, 0.15) is 5.56 Å². The number of benzene rings is 1. The molecule has 6 heteroatoms. The molecule has 0 saturated carbocycles. The standard InChI is InChI=1S/C11H13Cl2NO3/c1-16-10(15)6-17-11-7(2-3-14)4-8(12)5-9(11)13/h4-5H,2-3,6,14H2,1H3. The summed E-state index contributed by atoms with van der Waals surface area (Å²) in [6, 6.07) is 3.27. The molecule has 0 aromatic heterocycles. The summed E-state index contributed by atoms with van der Waals surface area (Å²) in [6.07, 6.45) is 0.566. The molecule has 0 unspecified atom stereocenters. The lowest BCUT2D eigenvalue weighted by atomic mass is 10.1. The van der Waals surface area contributed by atoms with Crippen LogP contribution in [0.2, 0.25) is 10.0 Å². The largest absolute Gasteiger partial charge is 0.480 e. The van der Waals surface area contributed by atoms with Crippen LogP contribution in [0, 0.1) is 0 Å². The Morgan fingerprint density at radius 1 is 1.41 bits per heavy atom. The number of nitrogens with two attached hydrogens (primary N) is 1. The molecule has 0 aliphatic rings. The molecule has 0 fully saturated rings. The van der Waals surface area contributed by atoms with E-state index in [0.717, 1.165) is 5.56 Å². The second-order valence-electron chi connectivity index (χ2n) is 3.28. The predicted molar refractivity (Wildman–Crippen MR) is 66.7 cm³/mol. The van der Waals surface area contributed by atoms with Crippen LogP contribution < -0.4 is 10.5 Å². The van der Waals surface area contributed by atoms with Crippen molar-refractivity contribution in [1.82, 2.24) is 0 Å². The molecular weight excluding hydrogens is 265 g/mol. The molecule has 94 valence electrons. The summed E-state index contributed by atoms with van der Waals surface area (Å²) in [4.78, 5) is 11.0. The van der Waals surface area contributed by atoms with Gasteiger partial charge < -0.3 is 15.2 Å². The van der Waals surface area contributed by atoms with Crippen molar-refractivity contribution in [2.24, 2.45) is 5.73 Å². The Morgan fingerprint density at radius 2 is 2.12 bits per heavy atom. The number of carbonyl (C=O) groups excluding carboxylic acids is 1. The lowest BCUT2D eigenvalue weighted by Gasteiger charge is -2.12. The molecule has 0 amide bonds. The Morgan fingerprint density at radius 3 is 2.71 bits per heavy atom. The molecule has 0 saturated heterocycles. The SMILES string of the molecule is COC(=O)COc1c(Cl)cc(Cl)cc1CCN. The van der Waals surface area contributed by atoms with Crippen molar-refractivity contribution in [2.45, 2.75) is 6.42 Å². The van der Waals surface area contributed by atoms with Gasteiger partial charge in [-0.05, 0) is 30.7 Å². The molecule has 0 atom stereocenters. The maximum Gasteiger partial charge on any atom is 0.343 e. The fourth-order valence-corrected chi connectivity index (χ4v) is 1.90. The lowest BCUT2D eigenvalue weighted by Crippen LogP contribution is -2.14. The van der Waals surface area contributed by atoms with E-state index < -0.39 is 5.97 Å². The quantitative estimate of drug-likeness (QED) is 0.837. The maximum atomic E-state index is 11.0. The molecular formula is C11H13Cl2NO3. The van der Waals surface area contributed by atoms with Gasteiger partial charge in [0.1, 0.15) is 5.75 Å². The van der Waals surface area contributed by atoms with Gasteiger partial charge in [-0.3, -0.25) is 0 Å². The van der Waals surface area contributed by atoms with Gasteiger partial charge in [-0.2, -0.15) is 0 Å². The van der Waals surface area contributed by atoms with Crippen LogP contribution in [0.4, 0.5) is 0 Å². The number of hydrogen-bond acceptors (Lipinski definition) is 4. The van der Waals surface area contributed by atoms with Crippen molar-refractivity contribution >= 4 is 29.2 Å². The van der Waals surface area contributed by atoms with Gasteiger partial charge >= 0.3 is 5.97 Å². The third-order valence-corrected chi connectivity index (χ3v) is 2.56. The minimum absolute atomic E-state index is 0.199. The van der Waals surface area contributed by atoms with E-state index in [0.29, 0.717) is 28.8 Å². The summed E-state index contributed by atoms with van der Waals surface area (Å²) < 4.78 is 9.79. The van der Waals surface area contributed by atoms with Crippen LogP contribution in [0.3, 0.4) is 0 Å². The summed E-state index contributed by atoms with van der Waals surface area (Å²) in [5.74, 6) is -0.0540. The van der Waals surface area contributed by atoms with Crippen LogP contribution in [-0.4, -0.2) is 26.2 Å². The minimum Gasteiger partial charge on any atom is -0.480 e. The summed E-state index contributed by atoms with van der Waals surface area (Å²) in [5, 5.41) is 0.855. The first kappa shape index (κ1) is 14.1. The van der Waals surface area contributed by atoms with E-state index in [9.17, 15) is 4.79 Å². The first-order valence-corrected chi connectivity index (χ1v) is 5.71. The monoisotopic (exact) mass is 277 g/mol.